The van der Waals surface area contributed by atoms with Crippen LogP contribution in [0.15, 0.2) is 73.3 Å². The molecule has 2 aromatic carbocycles. The first-order chi connectivity index (χ1) is 11.1. The van der Waals surface area contributed by atoms with Gasteiger partial charge in [-0.1, -0.05) is 73.7 Å². The van der Waals surface area contributed by atoms with E-state index in [0.717, 1.165) is 18.4 Å². The van der Waals surface area contributed by atoms with Gasteiger partial charge in [-0.3, -0.25) is 4.79 Å². The zero-order valence-electron chi connectivity index (χ0n) is 13.7. The maximum atomic E-state index is 12.1. The topological polar surface area (TPSA) is 26.3 Å². The van der Waals surface area contributed by atoms with Crippen molar-refractivity contribution in [1.82, 2.24) is 0 Å². The molecule has 2 rings (SSSR count). The van der Waals surface area contributed by atoms with Crippen molar-refractivity contribution in [1.29, 1.82) is 0 Å². The average molecular weight is 308 g/mol. The SMILES string of the molecule is C=C[C@@](C)(CCc1ccccc1)CC(=O)OCc1ccccc1. The van der Waals surface area contributed by atoms with Crippen molar-refractivity contribution in [2.75, 3.05) is 0 Å². The molecule has 2 heteroatoms. The van der Waals surface area contributed by atoms with Crippen molar-refractivity contribution in [3.63, 3.8) is 0 Å². The van der Waals surface area contributed by atoms with E-state index in [-0.39, 0.29) is 11.4 Å². The van der Waals surface area contributed by atoms with E-state index in [4.69, 9.17) is 4.74 Å². The molecule has 0 amide bonds. The highest BCUT2D eigenvalue weighted by Crippen LogP contribution is 2.29. The van der Waals surface area contributed by atoms with Crippen LogP contribution in [0.2, 0.25) is 0 Å². The van der Waals surface area contributed by atoms with Crippen LogP contribution >= 0.6 is 0 Å². The van der Waals surface area contributed by atoms with Crippen molar-refractivity contribution in [2.45, 2.75) is 32.8 Å². The average Bonchev–Trinajstić information content (AvgIpc) is 2.60. The van der Waals surface area contributed by atoms with E-state index in [1.165, 1.54) is 5.56 Å². The predicted octanol–water partition coefficient (Wildman–Crippen LogP) is 4.95. The number of benzene rings is 2. The fraction of sp³-hybridized carbons (Fsp3) is 0.286. The third-order valence-corrected chi connectivity index (χ3v) is 4.11. The van der Waals surface area contributed by atoms with Gasteiger partial charge in [0.05, 0.1) is 6.42 Å². The molecule has 0 fully saturated rings. The molecule has 23 heavy (non-hydrogen) atoms. The Balaban J connectivity index is 1.84. The van der Waals surface area contributed by atoms with Gasteiger partial charge < -0.3 is 4.74 Å². The van der Waals surface area contributed by atoms with E-state index in [9.17, 15) is 4.79 Å². The standard InChI is InChI=1S/C21H24O2/c1-3-21(2,15-14-18-10-6-4-7-11-18)16-20(22)23-17-19-12-8-5-9-13-19/h3-13H,1,14-17H2,2H3/t21-/m0/s1. The monoisotopic (exact) mass is 308 g/mol. The van der Waals surface area contributed by atoms with Crippen LogP contribution < -0.4 is 0 Å². The van der Waals surface area contributed by atoms with E-state index < -0.39 is 0 Å². The van der Waals surface area contributed by atoms with E-state index in [2.05, 4.69) is 25.6 Å². The van der Waals surface area contributed by atoms with Gasteiger partial charge in [-0.2, -0.15) is 0 Å². The Morgan fingerprint density at radius 2 is 1.61 bits per heavy atom. The summed E-state index contributed by atoms with van der Waals surface area (Å²) in [7, 11) is 0. The summed E-state index contributed by atoms with van der Waals surface area (Å²) in [6.07, 6.45) is 4.03. The number of hydrogen-bond donors (Lipinski definition) is 0. The van der Waals surface area contributed by atoms with Crippen LogP contribution in [0.1, 0.15) is 30.9 Å². The van der Waals surface area contributed by atoms with Gasteiger partial charge in [0.2, 0.25) is 0 Å². The second-order valence-corrected chi connectivity index (χ2v) is 6.17. The third kappa shape index (κ3) is 5.74. The lowest BCUT2D eigenvalue weighted by Gasteiger charge is -2.24. The second-order valence-electron chi connectivity index (χ2n) is 6.17. The smallest absolute Gasteiger partial charge is 0.306 e. The summed E-state index contributed by atoms with van der Waals surface area (Å²) in [6.45, 7) is 6.30. The Morgan fingerprint density at radius 1 is 1.04 bits per heavy atom. The van der Waals surface area contributed by atoms with Gasteiger partial charge in [-0.15, -0.1) is 6.58 Å². The molecular formula is C21H24O2. The minimum atomic E-state index is -0.246. The first-order valence-electron chi connectivity index (χ1n) is 7.98. The van der Waals surface area contributed by atoms with E-state index >= 15 is 0 Å². The van der Waals surface area contributed by atoms with Gasteiger partial charge >= 0.3 is 5.97 Å². The van der Waals surface area contributed by atoms with Crippen LogP contribution in [0.3, 0.4) is 0 Å². The zero-order valence-corrected chi connectivity index (χ0v) is 13.7. The highest BCUT2D eigenvalue weighted by atomic mass is 16.5. The molecule has 0 aromatic heterocycles. The number of esters is 1. The number of aryl methyl sites for hydroxylation is 1. The first-order valence-corrected chi connectivity index (χ1v) is 7.98. The molecule has 0 unspecified atom stereocenters. The fourth-order valence-electron chi connectivity index (χ4n) is 2.46. The quantitative estimate of drug-likeness (QED) is 0.510. The maximum absolute atomic E-state index is 12.1. The van der Waals surface area contributed by atoms with Crippen molar-refractivity contribution in [3.05, 3.63) is 84.4 Å². The van der Waals surface area contributed by atoms with Crippen LogP contribution in [0.25, 0.3) is 0 Å². The Labute approximate surface area is 138 Å². The van der Waals surface area contributed by atoms with Crippen molar-refractivity contribution in [2.24, 2.45) is 5.41 Å². The molecule has 0 spiro atoms. The molecule has 2 aromatic rings. The number of carbonyl (C=O) groups is 1. The minimum absolute atomic E-state index is 0.177. The first kappa shape index (κ1) is 17.0. The van der Waals surface area contributed by atoms with Gasteiger partial charge in [0.1, 0.15) is 6.61 Å². The molecule has 0 saturated heterocycles. The van der Waals surface area contributed by atoms with Gasteiger partial charge in [0.15, 0.2) is 0 Å². The normalized spacial score (nSPS) is 13.1. The fourth-order valence-corrected chi connectivity index (χ4v) is 2.46. The van der Waals surface area contributed by atoms with Crippen LogP contribution in [0.5, 0.6) is 0 Å². The molecule has 0 N–H and O–H groups in total. The summed E-state index contributed by atoms with van der Waals surface area (Å²) in [5.74, 6) is -0.177. The van der Waals surface area contributed by atoms with E-state index in [1.807, 2.05) is 54.6 Å². The second kappa shape index (κ2) is 8.33. The molecule has 0 aliphatic heterocycles. The molecule has 0 aliphatic carbocycles. The van der Waals surface area contributed by atoms with Gasteiger partial charge in [-0.25, -0.2) is 0 Å². The summed E-state index contributed by atoms with van der Waals surface area (Å²) >= 11 is 0. The zero-order chi connectivity index (χ0) is 16.5. The molecule has 0 saturated carbocycles. The summed E-state index contributed by atoms with van der Waals surface area (Å²) in [6, 6.07) is 20.0. The predicted molar refractivity (Wildman–Crippen MR) is 93.9 cm³/mol. The third-order valence-electron chi connectivity index (χ3n) is 4.11. The van der Waals surface area contributed by atoms with Crippen LogP contribution in [0.4, 0.5) is 0 Å². The van der Waals surface area contributed by atoms with Crippen molar-refractivity contribution in [3.8, 4) is 0 Å². The van der Waals surface area contributed by atoms with Crippen molar-refractivity contribution < 1.29 is 9.53 Å². The van der Waals surface area contributed by atoms with Gasteiger partial charge in [-0.05, 0) is 29.4 Å². The summed E-state index contributed by atoms with van der Waals surface area (Å²) in [5, 5.41) is 0. The molecule has 1 atom stereocenters. The van der Waals surface area contributed by atoms with E-state index in [0.29, 0.717) is 13.0 Å². The number of ether oxygens (including phenoxy) is 1. The highest BCUT2D eigenvalue weighted by molar-refractivity contribution is 5.70. The summed E-state index contributed by atoms with van der Waals surface area (Å²) in [4.78, 5) is 12.1. The number of rotatable bonds is 8. The minimum Gasteiger partial charge on any atom is -0.461 e. The molecule has 0 aliphatic rings. The number of allylic oxidation sites excluding steroid dienone is 1. The Hall–Kier alpha value is -2.35. The molecule has 0 heterocycles. The van der Waals surface area contributed by atoms with Crippen molar-refractivity contribution >= 4 is 5.97 Å². The molecular weight excluding hydrogens is 284 g/mol. The van der Waals surface area contributed by atoms with Gasteiger partial charge in [0.25, 0.3) is 0 Å². The highest BCUT2D eigenvalue weighted by Gasteiger charge is 2.24. The van der Waals surface area contributed by atoms with Crippen LogP contribution in [0, 0.1) is 5.41 Å². The van der Waals surface area contributed by atoms with Gasteiger partial charge in [0, 0.05) is 0 Å². The number of carbonyl (C=O) groups excluding carboxylic acids is 1. The van der Waals surface area contributed by atoms with E-state index in [1.54, 1.807) is 0 Å². The maximum Gasteiger partial charge on any atom is 0.306 e. The summed E-state index contributed by atoms with van der Waals surface area (Å²) in [5.41, 5.74) is 2.03. The largest absolute Gasteiger partial charge is 0.461 e. The Bertz CT molecular complexity index is 619. The molecule has 120 valence electrons. The molecule has 0 radical (unpaired) electrons. The lowest BCUT2D eigenvalue weighted by Crippen LogP contribution is -2.21. The molecule has 0 bridgehead atoms. The Morgan fingerprint density at radius 3 is 2.17 bits per heavy atom. The molecule has 2 nitrogen and oxygen atoms in total. The number of hydrogen-bond acceptors (Lipinski definition) is 2. The summed E-state index contributed by atoms with van der Waals surface area (Å²) < 4.78 is 5.39. The lowest BCUT2D eigenvalue weighted by molar-refractivity contribution is -0.147. The van der Waals surface area contributed by atoms with Crippen LogP contribution in [-0.4, -0.2) is 5.97 Å². The lowest BCUT2D eigenvalue weighted by atomic mass is 9.81. The van der Waals surface area contributed by atoms with Crippen LogP contribution in [-0.2, 0) is 22.6 Å². The Kier molecular flexibility index (Phi) is 6.16.